The number of halogens is 1. The number of imidazole rings is 1. The summed E-state index contributed by atoms with van der Waals surface area (Å²) in [5.41, 5.74) is 3.83. The van der Waals surface area contributed by atoms with E-state index in [1.807, 2.05) is 18.2 Å². The Hall–Kier alpha value is -2.79. The molecule has 1 amide bonds. The average molecular weight is 382 g/mol. The van der Waals surface area contributed by atoms with Crippen LogP contribution in [0.4, 0.5) is 0 Å². The highest BCUT2D eigenvalue weighted by Crippen LogP contribution is 2.25. The summed E-state index contributed by atoms with van der Waals surface area (Å²) in [7, 11) is 0. The molecule has 1 aliphatic heterocycles. The minimum absolute atomic E-state index is 0.0166. The van der Waals surface area contributed by atoms with Gasteiger partial charge in [-0.2, -0.15) is 0 Å². The van der Waals surface area contributed by atoms with Crippen molar-refractivity contribution >= 4 is 17.5 Å². The van der Waals surface area contributed by atoms with Crippen molar-refractivity contribution in [3.8, 4) is 17.0 Å². The number of carbonyl (C=O) groups is 1. The molecule has 6 heteroatoms. The molecule has 0 bridgehead atoms. The zero-order chi connectivity index (χ0) is 18.8. The fourth-order valence-corrected chi connectivity index (χ4v) is 3.55. The van der Waals surface area contributed by atoms with Crippen molar-refractivity contribution < 1.29 is 9.90 Å². The number of rotatable bonds is 5. The molecule has 2 aromatic carbocycles. The molecule has 0 radical (unpaired) electrons. The largest absolute Gasteiger partial charge is 0.506 e. The lowest BCUT2D eigenvalue weighted by Crippen LogP contribution is -2.24. The smallest absolute Gasteiger partial charge is 0.224 e. The number of benzene rings is 2. The van der Waals surface area contributed by atoms with Crippen LogP contribution in [-0.4, -0.2) is 20.6 Å². The van der Waals surface area contributed by atoms with Gasteiger partial charge in [0.1, 0.15) is 11.6 Å². The van der Waals surface area contributed by atoms with Gasteiger partial charge < -0.3 is 15.0 Å². The highest BCUT2D eigenvalue weighted by Gasteiger charge is 2.14. The lowest BCUT2D eigenvalue weighted by atomic mass is 10.1. The van der Waals surface area contributed by atoms with Crippen LogP contribution in [0.1, 0.15) is 23.4 Å². The number of aryl methyl sites for hydroxylation is 2. The lowest BCUT2D eigenvalue weighted by Gasteiger charge is -2.08. The monoisotopic (exact) mass is 381 g/mol. The van der Waals surface area contributed by atoms with Crippen molar-refractivity contribution in [1.82, 2.24) is 14.9 Å². The van der Waals surface area contributed by atoms with Crippen molar-refractivity contribution in [2.45, 2.75) is 32.4 Å². The van der Waals surface area contributed by atoms with E-state index in [9.17, 15) is 9.90 Å². The Labute approximate surface area is 162 Å². The van der Waals surface area contributed by atoms with Crippen LogP contribution < -0.4 is 5.32 Å². The van der Waals surface area contributed by atoms with Gasteiger partial charge in [-0.15, -0.1) is 0 Å². The lowest BCUT2D eigenvalue weighted by molar-refractivity contribution is -0.120. The van der Waals surface area contributed by atoms with E-state index in [0.29, 0.717) is 6.54 Å². The summed E-state index contributed by atoms with van der Waals surface area (Å²) >= 11 is 5.88. The van der Waals surface area contributed by atoms with Gasteiger partial charge in [-0.25, -0.2) is 4.98 Å². The Bertz CT molecular complexity index is 975. The van der Waals surface area contributed by atoms with Crippen LogP contribution in [0, 0.1) is 0 Å². The van der Waals surface area contributed by atoms with Gasteiger partial charge in [0.15, 0.2) is 0 Å². The summed E-state index contributed by atoms with van der Waals surface area (Å²) in [6, 6.07) is 12.9. The molecule has 0 aliphatic carbocycles. The van der Waals surface area contributed by atoms with Crippen LogP contribution in [-0.2, 0) is 30.7 Å². The Balaban J connectivity index is 1.39. The van der Waals surface area contributed by atoms with Gasteiger partial charge in [0.05, 0.1) is 17.1 Å². The molecule has 27 heavy (non-hydrogen) atoms. The zero-order valence-electron chi connectivity index (χ0n) is 14.8. The molecule has 2 N–H and O–H groups in total. The number of carbonyl (C=O) groups excluding carboxylic acids is 1. The van der Waals surface area contributed by atoms with Crippen molar-refractivity contribution in [3.63, 3.8) is 0 Å². The Morgan fingerprint density at radius 2 is 2.11 bits per heavy atom. The second-order valence-corrected chi connectivity index (χ2v) is 7.19. The number of aromatic hydroxyl groups is 1. The summed E-state index contributed by atoms with van der Waals surface area (Å²) in [5, 5.41) is 12.6. The van der Waals surface area contributed by atoms with Gasteiger partial charge in [-0.1, -0.05) is 35.9 Å². The van der Waals surface area contributed by atoms with Crippen molar-refractivity contribution in [1.29, 1.82) is 0 Å². The molecule has 1 aromatic heterocycles. The predicted molar refractivity (Wildman–Crippen MR) is 105 cm³/mol. The van der Waals surface area contributed by atoms with Crippen molar-refractivity contribution in [2.75, 3.05) is 0 Å². The molecule has 0 spiro atoms. The molecule has 1 aliphatic rings. The van der Waals surface area contributed by atoms with Gasteiger partial charge in [0.2, 0.25) is 5.91 Å². The Morgan fingerprint density at radius 1 is 1.22 bits per heavy atom. The topological polar surface area (TPSA) is 67.2 Å². The number of fused-ring (bicyclic) bond motifs is 1. The molecule has 0 saturated carbocycles. The molecule has 0 fully saturated rings. The maximum atomic E-state index is 12.2. The molecule has 4 rings (SSSR count). The van der Waals surface area contributed by atoms with Gasteiger partial charge in [-0.05, 0) is 35.7 Å². The van der Waals surface area contributed by atoms with Crippen LogP contribution in [0.3, 0.4) is 0 Å². The van der Waals surface area contributed by atoms with Gasteiger partial charge in [-0.3, -0.25) is 4.79 Å². The predicted octanol–water partition coefficient (Wildman–Crippen LogP) is 3.71. The molecule has 3 aromatic rings. The van der Waals surface area contributed by atoms with E-state index < -0.39 is 0 Å². The van der Waals surface area contributed by atoms with E-state index >= 15 is 0 Å². The van der Waals surface area contributed by atoms with Gasteiger partial charge in [0.25, 0.3) is 0 Å². The molecule has 138 valence electrons. The summed E-state index contributed by atoms with van der Waals surface area (Å²) < 4.78 is 2.21. The average Bonchev–Trinajstić information content (AvgIpc) is 3.25. The molecule has 5 nitrogen and oxygen atoms in total. The molecule has 0 unspecified atom stereocenters. The van der Waals surface area contributed by atoms with Crippen LogP contribution >= 0.6 is 11.6 Å². The normalized spacial score (nSPS) is 12.8. The van der Waals surface area contributed by atoms with E-state index in [2.05, 4.69) is 22.1 Å². The fourth-order valence-electron chi connectivity index (χ4n) is 3.34. The molecular formula is C21H20ClN3O2. The Kier molecular flexibility index (Phi) is 4.86. The van der Waals surface area contributed by atoms with E-state index in [0.717, 1.165) is 41.2 Å². The number of amides is 1. The van der Waals surface area contributed by atoms with E-state index in [1.54, 1.807) is 12.1 Å². The number of nitrogens with one attached hydrogen (secondary N) is 1. The number of hydrogen-bond donors (Lipinski definition) is 2. The second kappa shape index (κ2) is 7.45. The summed E-state index contributed by atoms with van der Waals surface area (Å²) in [6.07, 6.45) is 4.53. The summed E-state index contributed by atoms with van der Waals surface area (Å²) in [6.45, 7) is 1.49. The molecule has 2 heterocycles. The Morgan fingerprint density at radius 3 is 2.93 bits per heavy atom. The van der Waals surface area contributed by atoms with Crippen LogP contribution in [0.15, 0.2) is 48.7 Å². The zero-order valence-corrected chi connectivity index (χ0v) is 15.5. The van der Waals surface area contributed by atoms with E-state index in [-0.39, 0.29) is 23.1 Å². The molecular weight excluding hydrogens is 362 g/mol. The number of phenolic OH excluding ortho intramolecular Hbond substituents is 1. The van der Waals surface area contributed by atoms with Crippen molar-refractivity contribution in [2.24, 2.45) is 0 Å². The highest BCUT2D eigenvalue weighted by atomic mass is 35.5. The second-order valence-electron chi connectivity index (χ2n) is 6.78. The molecule has 0 saturated heterocycles. The molecule has 0 atom stereocenters. The van der Waals surface area contributed by atoms with Gasteiger partial charge in [0, 0.05) is 31.3 Å². The third-order valence-electron chi connectivity index (χ3n) is 4.75. The first kappa shape index (κ1) is 17.6. The fraction of sp³-hybridized carbons (Fsp3) is 0.238. The standard InChI is InChI=1S/C21H20ClN3O2/c22-17-10-14(6-7-19(17)26)11-21(27)23-12-15-3-1-4-16(9-15)18-13-25-8-2-5-20(25)24-18/h1,3-4,6-7,9-10,13,26H,2,5,8,11-12H2,(H,23,27). The highest BCUT2D eigenvalue weighted by molar-refractivity contribution is 6.32. The number of aromatic nitrogens is 2. The van der Waals surface area contributed by atoms with Crippen LogP contribution in [0.25, 0.3) is 11.3 Å². The maximum absolute atomic E-state index is 12.2. The third-order valence-corrected chi connectivity index (χ3v) is 5.05. The van der Waals surface area contributed by atoms with Crippen molar-refractivity contribution in [3.05, 3.63) is 70.6 Å². The first-order chi connectivity index (χ1) is 13.1. The van der Waals surface area contributed by atoms with Crippen LogP contribution in [0.5, 0.6) is 5.75 Å². The number of nitrogens with zero attached hydrogens (tertiary/aromatic N) is 2. The maximum Gasteiger partial charge on any atom is 0.224 e. The first-order valence-corrected chi connectivity index (χ1v) is 9.36. The van der Waals surface area contributed by atoms with E-state index in [1.165, 1.54) is 12.5 Å². The van der Waals surface area contributed by atoms with Gasteiger partial charge >= 0.3 is 0 Å². The minimum Gasteiger partial charge on any atom is -0.506 e. The SMILES string of the molecule is O=C(Cc1ccc(O)c(Cl)c1)NCc1cccc(-c2cn3c(n2)CCC3)c1. The number of hydrogen-bond acceptors (Lipinski definition) is 3. The van der Waals surface area contributed by atoms with Crippen LogP contribution in [0.2, 0.25) is 5.02 Å². The first-order valence-electron chi connectivity index (χ1n) is 8.98. The quantitative estimate of drug-likeness (QED) is 0.707. The third kappa shape index (κ3) is 3.98. The number of phenols is 1. The van der Waals surface area contributed by atoms with E-state index in [4.69, 9.17) is 16.6 Å². The summed E-state index contributed by atoms with van der Waals surface area (Å²) in [4.78, 5) is 16.9. The summed E-state index contributed by atoms with van der Waals surface area (Å²) in [5.74, 6) is 1.07. The minimum atomic E-state index is -0.0943.